The Bertz CT molecular complexity index is 246. The van der Waals surface area contributed by atoms with Crippen LogP contribution in [0.1, 0.15) is 6.42 Å². The van der Waals surface area contributed by atoms with E-state index in [9.17, 15) is 0 Å². The predicted molar refractivity (Wildman–Crippen MR) is 55.9 cm³/mol. The van der Waals surface area contributed by atoms with Crippen LogP contribution in [0.15, 0.2) is 29.4 Å². The molecule has 0 saturated carbocycles. The number of thioether (sulfide) groups is 1. The van der Waals surface area contributed by atoms with Crippen LogP contribution < -0.4 is 5.32 Å². The van der Waals surface area contributed by atoms with Crippen LogP contribution in [0.2, 0.25) is 0 Å². The molecule has 0 spiro atoms. The summed E-state index contributed by atoms with van der Waals surface area (Å²) < 4.78 is 0. The normalized spacial score (nSPS) is 16.9. The van der Waals surface area contributed by atoms with Crippen molar-refractivity contribution in [3.05, 3.63) is 24.5 Å². The lowest BCUT2D eigenvalue weighted by molar-refractivity contribution is 0.341. The topological polar surface area (TPSA) is 24.9 Å². The van der Waals surface area contributed by atoms with E-state index in [1.54, 1.807) is 0 Å². The summed E-state index contributed by atoms with van der Waals surface area (Å²) >= 11 is 1.93. The second-order valence-electron chi connectivity index (χ2n) is 3.34. The van der Waals surface area contributed by atoms with E-state index in [1.807, 2.05) is 24.2 Å². The van der Waals surface area contributed by atoms with Crippen molar-refractivity contribution in [2.75, 3.05) is 18.8 Å². The average molecular weight is 194 g/mol. The summed E-state index contributed by atoms with van der Waals surface area (Å²) in [5.74, 6) is 2.16. The van der Waals surface area contributed by atoms with Crippen LogP contribution in [-0.2, 0) is 0 Å². The molecule has 1 aliphatic rings. The number of pyridine rings is 1. The summed E-state index contributed by atoms with van der Waals surface area (Å²) in [5, 5.41) is 3.29. The van der Waals surface area contributed by atoms with Gasteiger partial charge in [0.05, 0.1) is 0 Å². The van der Waals surface area contributed by atoms with Crippen molar-refractivity contribution in [3.63, 3.8) is 0 Å². The van der Waals surface area contributed by atoms with E-state index in [2.05, 4.69) is 22.4 Å². The first-order valence-electron chi connectivity index (χ1n) is 4.69. The summed E-state index contributed by atoms with van der Waals surface area (Å²) in [6.07, 6.45) is 5.04. The van der Waals surface area contributed by atoms with Gasteiger partial charge >= 0.3 is 0 Å². The molecule has 0 bridgehead atoms. The van der Waals surface area contributed by atoms with E-state index in [1.165, 1.54) is 30.2 Å². The van der Waals surface area contributed by atoms with Gasteiger partial charge in [-0.15, -0.1) is 11.8 Å². The van der Waals surface area contributed by atoms with Crippen LogP contribution in [0, 0.1) is 5.92 Å². The number of aromatic nitrogens is 1. The first kappa shape index (κ1) is 9.03. The minimum Gasteiger partial charge on any atom is -0.316 e. The third kappa shape index (κ3) is 2.71. The smallest absolute Gasteiger partial charge is 0.0278 e. The van der Waals surface area contributed by atoms with Gasteiger partial charge in [-0.05, 0) is 43.3 Å². The first-order valence-corrected chi connectivity index (χ1v) is 5.67. The zero-order valence-electron chi connectivity index (χ0n) is 7.57. The molecule has 2 rings (SSSR count). The number of hydrogen-bond donors (Lipinski definition) is 1. The molecular weight excluding hydrogens is 180 g/mol. The van der Waals surface area contributed by atoms with Crippen LogP contribution in [0.25, 0.3) is 0 Å². The molecule has 70 valence electrons. The number of rotatable bonds is 4. The van der Waals surface area contributed by atoms with Gasteiger partial charge in [0.1, 0.15) is 0 Å². The lowest BCUT2D eigenvalue weighted by atomic mass is 10.0. The van der Waals surface area contributed by atoms with Gasteiger partial charge in [0.25, 0.3) is 0 Å². The third-order valence-electron chi connectivity index (χ3n) is 2.31. The van der Waals surface area contributed by atoms with Gasteiger partial charge in [0, 0.05) is 17.3 Å². The van der Waals surface area contributed by atoms with Gasteiger partial charge in [-0.2, -0.15) is 0 Å². The maximum Gasteiger partial charge on any atom is 0.0278 e. The number of nitrogens with one attached hydrogen (secondary N) is 1. The molecule has 1 N–H and O–H groups in total. The zero-order valence-corrected chi connectivity index (χ0v) is 8.39. The molecule has 0 aliphatic carbocycles. The van der Waals surface area contributed by atoms with Crippen LogP contribution in [-0.4, -0.2) is 23.8 Å². The fourth-order valence-electron chi connectivity index (χ4n) is 1.33. The van der Waals surface area contributed by atoms with Crippen molar-refractivity contribution in [2.45, 2.75) is 11.3 Å². The highest BCUT2D eigenvalue weighted by Gasteiger charge is 2.15. The minimum atomic E-state index is 0.925. The molecule has 13 heavy (non-hydrogen) atoms. The van der Waals surface area contributed by atoms with Crippen molar-refractivity contribution in [1.29, 1.82) is 0 Å². The maximum atomic E-state index is 3.99. The Hall–Kier alpha value is -0.540. The average Bonchev–Trinajstić information content (AvgIpc) is 2.11. The van der Waals surface area contributed by atoms with Crippen LogP contribution in [0.3, 0.4) is 0 Å². The molecule has 1 aromatic heterocycles. The van der Waals surface area contributed by atoms with Gasteiger partial charge in [0.2, 0.25) is 0 Å². The van der Waals surface area contributed by atoms with Crippen molar-refractivity contribution in [2.24, 2.45) is 5.92 Å². The van der Waals surface area contributed by atoms with Crippen molar-refractivity contribution < 1.29 is 0 Å². The largest absolute Gasteiger partial charge is 0.316 e. The van der Waals surface area contributed by atoms with Gasteiger partial charge in [0.15, 0.2) is 0 Å². The lowest BCUT2D eigenvalue weighted by Gasteiger charge is -2.26. The van der Waals surface area contributed by atoms with Gasteiger partial charge in [-0.25, -0.2) is 0 Å². The standard InChI is InChI=1S/C10H14N2S/c1-4-11-5-2-10(1)13-6-3-9-7-12-8-9/h1-2,4-5,9,12H,3,6-8H2. The molecule has 0 radical (unpaired) electrons. The van der Waals surface area contributed by atoms with E-state index in [0.717, 1.165) is 5.92 Å². The highest BCUT2D eigenvalue weighted by Crippen LogP contribution is 2.20. The molecule has 0 amide bonds. The highest BCUT2D eigenvalue weighted by molar-refractivity contribution is 7.99. The quantitative estimate of drug-likeness (QED) is 0.740. The summed E-state index contributed by atoms with van der Waals surface area (Å²) in [4.78, 5) is 5.33. The van der Waals surface area contributed by atoms with Crippen LogP contribution >= 0.6 is 11.8 Å². The molecule has 1 aromatic rings. The summed E-state index contributed by atoms with van der Waals surface area (Å²) in [7, 11) is 0. The second-order valence-corrected chi connectivity index (χ2v) is 4.51. The van der Waals surface area contributed by atoms with Crippen LogP contribution in [0.4, 0.5) is 0 Å². The molecule has 1 aliphatic heterocycles. The van der Waals surface area contributed by atoms with E-state index in [0.29, 0.717) is 0 Å². The van der Waals surface area contributed by atoms with E-state index < -0.39 is 0 Å². The van der Waals surface area contributed by atoms with Crippen molar-refractivity contribution >= 4 is 11.8 Å². The minimum absolute atomic E-state index is 0.925. The highest BCUT2D eigenvalue weighted by atomic mass is 32.2. The maximum absolute atomic E-state index is 3.99. The fourth-order valence-corrected chi connectivity index (χ4v) is 2.33. The Morgan fingerprint density at radius 3 is 2.77 bits per heavy atom. The second kappa shape index (κ2) is 4.63. The van der Waals surface area contributed by atoms with Crippen molar-refractivity contribution in [1.82, 2.24) is 10.3 Å². The molecule has 1 fully saturated rings. The Morgan fingerprint density at radius 2 is 2.15 bits per heavy atom. The van der Waals surface area contributed by atoms with E-state index >= 15 is 0 Å². The summed E-state index contributed by atoms with van der Waals surface area (Å²) in [6, 6.07) is 4.15. The molecule has 0 atom stereocenters. The molecular formula is C10H14N2S. The van der Waals surface area contributed by atoms with Gasteiger partial charge in [-0.1, -0.05) is 0 Å². The molecule has 2 nitrogen and oxygen atoms in total. The first-order chi connectivity index (χ1) is 6.45. The van der Waals surface area contributed by atoms with E-state index in [4.69, 9.17) is 0 Å². The number of hydrogen-bond acceptors (Lipinski definition) is 3. The summed E-state index contributed by atoms with van der Waals surface area (Å²) in [6.45, 7) is 2.44. The Labute approximate surface area is 83.1 Å². The monoisotopic (exact) mass is 194 g/mol. The lowest BCUT2D eigenvalue weighted by Crippen LogP contribution is -2.42. The van der Waals surface area contributed by atoms with Crippen molar-refractivity contribution in [3.8, 4) is 0 Å². The Morgan fingerprint density at radius 1 is 1.38 bits per heavy atom. The fraction of sp³-hybridized carbons (Fsp3) is 0.500. The Balaban J connectivity index is 1.67. The predicted octanol–water partition coefficient (Wildman–Crippen LogP) is 1.78. The molecule has 2 heterocycles. The van der Waals surface area contributed by atoms with Gasteiger partial charge in [-0.3, -0.25) is 4.98 Å². The Kier molecular flexibility index (Phi) is 3.22. The molecule has 0 aromatic carbocycles. The van der Waals surface area contributed by atoms with Crippen LogP contribution in [0.5, 0.6) is 0 Å². The molecule has 3 heteroatoms. The summed E-state index contributed by atoms with van der Waals surface area (Å²) in [5.41, 5.74) is 0. The number of nitrogens with zero attached hydrogens (tertiary/aromatic N) is 1. The zero-order chi connectivity index (χ0) is 8.93. The SMILES string of the molecule is c1cc(SCCC2CNC2)ccn1. The third-order valence-corrected chi connectivity index (χ3v) is 3.36. The molecule has 1 saturated heterocycles. The van der Waals surface area contributed by atoms with Gasteiger partial charge < -0.3 is 5.32 Å². The molecule has 0 unspecified atom stereocenters. The van der Waals surface area contributed by atoms with E-state index in [-0.39, 0.29) is 0 Å².